The summed E-state index contributed by atoms with van der Waals surface area (Å²) in [6, 6.07) is 9.69. The fourth-order valence-corrected chi connectivity index (χ4v) is 1.55. The zero-order chi connectivity index (χ0) is 12.8. The molecule has 0 saturated carbocycles. The first-order chi connectivity index (χ1) is 8.06. The lowest BCUT2D eigenvalue weighted by molar-refractivity contribution is 0.0798. The Balaban J connectivity index is 2.73. The van der Waals surface area contributed by atoms with Crippen molar-refractivity contribution in [2.75, 3.05) is 13.6 Å². The number of amides is 1. The minimum atomic E-state index is -0.0319. The van der Waals surface area contributed by atoms with Gasteiger partial charge in [-0.2, -0.15) is 5.26 Å². The van der Waals surface area contributed by atoms with E-state index in [0.29, 0.717) is 24.4 Å². The molecule has 1 amide bonds. The monoisotopic (exact) mass is 230 g/mol. The van der Waals surface area contributed by atoms with Gasteiger partial charge in [-0.3, -0.25) is 4.79 Å². The van der Waals surface area contributed by atoms with Gasteiger partial charge in [-0.05, 0) is 23.6 Å². The molecule has 90 valence electrons. The second kappa shape index (κ2) is 6.05. The van der Waals surface area contributed by atoms with E-state index >= 15 is 0 Å². The van der Waals surface area contributed by atoms with E-state index in [-0.39, 0.29) is 5.91 Å². The van der Waals surface area contributed by atoms with E-state index in [9.17, 15) is 4.79 Å². The van der Waals surface area contributed by atoms with Gasteiger partial charge in [-0.15, -0.1) is 0 Å². The highest BCUT2D eigenvalue weighted by atomic mass is 16.2. The van der Waals surface area contributed by atoms with Crippen molar-refractivity contribution in [2.24, 2.45) is 0 Å². The Labute approximate surface area is 103 Å². The van der Waals surface area contributed by atoms with Gasteiger partial charge in [0.2, 0.25) is 0 Å². The number of rotatable bonds is 4. The average Bonchev–Trinajstić information content (AvgIpc) is 2.35. The van der Waals surface area contributed by atoms with Crippen LogP contribution in [0, 0.1) is 11.3 Å². The van der Waals surface area contributed by atoms with Crippen LogP contribution < -0.4 is 0 Å². The van der Waals surface area contributed by atoms with Gasteiger partial charge in [0.15, 0.2) is 0 Å². The van der Waals surface area contributed by atoms with Crippen LogP contribution in [0.5, 0.6) is 0 Å². The lowest BCUT2D eigenvalue weighted by Crippen LogP contribution is -2.27. The fourth-order valence-electron chi connectivity index (χ4n) is 1.55. The molecule has 0 N–H and O–H groups in total. The Kier molecular flexibility index (Phi) is 4.71. The second-order valence-electron chi connectivity index (χ2n) is 4.41. The summed E-state index contributed by atoms with van der Waals surface area (Å²) in [4.78, 5) is 13.5. The number of nitriles is 1. The van der Waals surface area contributed by atoms with Gasteiger partial charge in [-0.25, -0.2) is 0 Å². The van der Waals surface area contributed by atoms with Gasteiger partial charge in [-0.1, -0.05) is 26.0 Å². The molecule has 0 unspecified atom stereocenters. The molecule has 0 saturated heterocycles. The highest BCUT2D eigenvalue weighted by Crippen LogP contribution is 2.15. The Hall–Kier alpha value is -1.82. The number of benzene rings is 1. The molecule has 0 aliphatic carbocycles. The van der Waals surface area contributed by atoms with Crippen LogP contribution in [0.15, 0.2) is 24.3 Å². The first-order valence-corrected chi connectivity index (χ1v) is 5.78. The van der Waals surface area contributed by atoms with Crippen LogP contribution >= 0.6 is 0 Å². The van der Waals surface area contributed by atoms with E-state index in [1.54, 1.807) is 11.9 Å². The van der Waals surface area contributed by atoms with Crippen LogP contribution in [-0.4, -0.2) is 24.4 Å². The van der Waals surface area contributed by atoms with Crippen LogP contribution in [0.4, 0.5) is 0 Å². The van der Waals surface area contributed by atoms with Gasteiger partial charge in [0.05, 0.1) is 12.5 Å². The maximum Gasteiger partial charge on any atom is 0.253 e. The summed E-state index contributed by atoms with van der Waals surface area (Å²) in [7, 11) is 1.72. The van der Waals surface area contributed by atoms with E-state index < -0.39 is 0 Å². The third-order valence-electron chi connectivity index (χ3n) is 2.73. The standard InChI is InChI=1S/C14H18N2O/c1-11(2)12-5-7-13(8-6-12)14(17)16(3)10-4-9-15/h5-8,11H,4,10H2,1-3H3. The molecule has 0 heterocycles. The van der Waals surface area contributed by atoms with Crippen LogP contribution in [0.1, 0.15) is 42.1 Å². The summed E-state index contributed by atoms with van der Waals surface area (Å²) in [5.74, 6) is 0.436. The predicted molar refractivity (Wildman–Crippen MR) is 67.7 cm³/mol. The van der Waals surface area contributed by atoms with Crippen LogP contribution in [-0.2, 0) is 0 Å². The molecule has 0 aliphatic heterocycles. The molecule has 0 radical (unpaired) electrons. The Bertz CT molecular complexity index is 415. The van der Waals surface area contributed by atoms with Crippen molar-refractivity contribution in [3.8, 4) is 6.07 Å². The molecule has 0 aliphatic rings. The zero-order valence-corrected chi connectivity index (χ0v) is 10.6. The molecule has 0 atom stereocenters. The smallest absolute Gasteiger partial charge is 0.253 e. The van der Waals surface area contributed by atoms with E-state index in [1.807, 2.05) is 30.3 Å². The maximum atomic E-state index is 11.9. The van der Waals surface area contributed by atoms with Crippen molar-refractivity contribution < 1.29 is 4.79 Å². The van der Waals surface area contributed by atoms with Gasteiger partial charge >= 0.3 is 0 Å². The maximum absolute atomic E-state index is 11.9. The fraction of sp³-hybridized carbons (Fsp3) is 0.429. The van der Waals surface area contributed by atoms with Crippen molar-refractivity contribution in [3.05, 3.63) is 35.4 Å². The number of carbonyl (C=O) groups excluding carboxylic acids is 1. The third-order valence-corrected chi connectivity index (χ3v) is 2.73. The topological polar surface area (TPSA) is 44.1 Å². The molecule has 0 fully saturated rings. The summed E-state index contributed by atoms with van der Waals surface area (Å²) in [6.45, 7) is 4.72. The molecule has 0 bridgehead atoms. The minimum Gasteiger partial charge on any atom is -0.341 e. The molecule has 0 spiro atoms. The summed E-state index contributed by atoms with van der Waals surface area (Å²) in [5.41, 5.74) is 1.90. The van der Waals surface area contributed by atoms with Crippen LogP contribution in [0.25, 0.3) is 0 Å². The molecule has 0 aromatic heterocycles. The van der Waals surface area contributed by atoms with E-state index in [1.165, 1.54) is 5.56 Å². The second-order valence-corrected chi connectivity index (χ2v) is 4.41. The highest BCUT2D eigenvalue weighted by Gasteiger charge is 2.11. The van der Waals surface area contributed by atoms with Crippen molar-refractivity contribution >= 4 is 5.91 Å². The molecule has 1 aromatic carbocycles. The van der Waals surface area contributed by atoms with Crippen molar-refractivity contribution in [1.29, 1.82) is 5.26 Å². The minimum absolute atomic E-state index is 0.0319. The van der Waals surface area contributed by atoms with Crippen LogP contribution in [0.3, 0.4) is 0 Å². The highest BCUT2D eigenvalue weighted by molar-refractivity contribution is 5.94. The third kappa shape index (κ3) is 3.60. The van der Waals surface area contributed by atoms with Gasteiger partial charge < -0.3 is 4.90 Å². The molecule has 3 heteroatoms. The quantitative estimate of drug-likeness (QED) is 0.798. The number of hydrogen-bond acceptors (Lipinski definition) is 2. The van der Waals surface area contributed by atoms with Crippen molar-refractivity contribution in [1.82, 2.24) is 4.90 Å². The Morgan fingerprint density at radius 1 is 1.35 bits per heavy atom. The summed E-state index contributed by atoms with van der Waals surface area (Å²) in [6.07, 6.45) is 0.367. The molecule has 1 aromatic rings. The van der Waals surface area contributed by atoms with E-state index in [4.69, 9.17) is 5.26 Å². The number of nitrogens with zero attached hydrogens (tertiary/aromatic N) is 2. The average molecular weight is 230 g/mol. The lowest BCUT2D eigenvalue weighted by atomic mass is 10.0. The normalized spacial score (nSPS) is 10.1. The van der Waals surface area contributed by atoms with Gasteiger partial charge in [0, 0.05) is 19.2 Å². The Morgan fingerprint density at radius 3 is 2.41 bits per heavy atom. The lowest BCUT2D eigenvalue weighted by Gasteiger charge is -2.15. The zero-order valence-electron chi connectivity index (χ0n) is 10.6. The first-order valence-electron chi connectivity index (χ1n) is 5.78. The van der Waals surface area contributed by atoms with Gasteiger partial charge in [0.1, 0.15) is 0 Å². The number of hydrogen-bond donors (Lipinski definition) is 0. The first kappa shape index (κ1) is 13.2. The molecule has 17 heavy (non-hydrogen) atoms. The summed E-state index contributed by atoms with van der Waals surface area (Å²) in [5, 5.41) is 8.48. The number of carbonyl (C=O) groups is 1. The molecule has 1 rings (SSSR count). The summed E-state index contributed by atoms with van der Waals surface area (Å²) >= 11 is 0. The Morgan fingerprint density at radius 2 is 1.94 bits per heavy atom. The van der Waals surface area contributed by atoms with Crippen molar-refractivity contribution in [3.63, 3.8) is 0 Å². The predicted octanol–water partition coefficient (Wildman–Crippen LogP) is 2.80. The van der Waals surface area contributed by atoms with Crippen molar-refractivity contribution in [2.45, 2.75) is 26.2 Å². The molecular weight excluding hydrogens is 212 g/mol. The van der Waals surface area contributed by atoms with E-state index in [0.717, 1.165) is 0 Å². The molecule has 3 nitrogen and oxygen atoms in total. The van der Waals surface area contributed by atoms with Gasteiger partial charge in [0.25, 0.3) is 5.91 Å². The largest absolute Gasteiger partial charge is 0.341 e. The van der Waals surface area contributed by atoms with E-state index in [2.05, 4.69) is 13.8 Å². The summed E-state index contributed by atoms with van der Waals surface area (Å²) < 4.78 is 0. The SMILES string of the molecule is CC(C)c1ccc(C(=O)N(C)CCC#N)cc1. The molecular formula is C14H18N2O. The van der Waals surface area contributed by atoms with Crippen LogP contribution in [0.2, 0.25) is 0 Å².